The molecule has 0 bridgehead atoms. The monoisotopic (exact) mass is 317 g/mol. The van der Waals surface area contributed by atoms with Gasteiger partial charge in [0.05, 0.1) is 18.7 Å². The largest absolute Gasteiger partial charge is 0.493 e. The summed E-state index contributed by atoms with van der Waals surface area (Å²) in [5.74, 6) is -0.762. The van der Waals surface area contributed by atoms with Crippen molar-refractivity contribution in [2.75, 3.05) is 20.8 Å². The highest BCUT2D eigenvalue weighted by atomic mass is 79.9. The molecule has 7 heteroatoms. The number of ether oxygens (including phenoxy) is 2. The zero-order valence-electron chi connectivity index (χ0n) is 9.82. The van der Waals surface area contributed by atoms with Crippen LogP contribution in [0.3, 0.4) is 0 Å². The van der Waals surface area contributed by atoms with Gasteiger partial charge in [0.25, 0.3) is 5.91 Å². The van der Waals surface area contributed by atoms with Crippen LogP contribution in [-0.4, -0.2) is 37.7 Å². The fourth-order valence-electron chi connectivity index (χ4n) is 1.31. The standard InChI is InChI=1S/C11H12BrNO5/c1-17-8-4-6(3-7(12)10(8)18-2)11(16)13-5-9(14)15/h3-4H,5H2,1-2H3,(H,13,16)(H,14,15). The van der Waals surface area contributed by atoms with Crippen molar-refractivity contribution in [3.05, 3.63) is 22.2 Å². The lowest BCUT2D eigenvalue weighted by atomic mass is 10.2. The second-order valence-electron chi connectivity index (χ2n) is 3.27. The van der Waals surface area contributed by atoms with Crippen molar-refractivity contribution in [1.29, 1.82) is 0 Å². The lowest BCUT2D eigenvalue weighted by Crippen LogP contribution is -2.29. The van der Waals surface area contributed by atoms with Crippen LogP contribution in [-0.2, 0) is 4.79 Å². The van der Waals surface area contributed by atoms with Crippen LogP contribution in [0.15, 0.2) is 16.6 Å². The van der Waals surface area contributed by atoms with Gasteiger partial charge in [-0.3, -0.25) is 9.59 Å². The third-order valence-electron chi connectivity index (χ3n) is 2.10. The van der Waals surface area contributed by atoms with Crippen molar-refractivity contribution in [3.8, 4) is 11.5 Å². The minimum atomic E-state index is -1.11. The van der Waals surface area contributed by atoms with E-state index in [-0.39, 0.29) is 5.56 Å². The van der Waals surface area contributed by atoms with E-state index in [1.807, 2.05) is 0 Å². The minimum absolute atomic E-state index is 0.278. The number of carbonyl (C=O) groups is 2. The van der Waals surface area contributed by atoms with E-state index in [1.54, 1.807) is 0 Å². The molecule has 0 unspecified atom stereocenters. The summed E-state index contributed by atoms with van der Waals surface area (Å²) in [6.07, 6.45) is 0. The van der Waals surface area contributed by atoms with Crippen LogP contribution in [0.5, 0.6) is 11.5 Å². The predicted octanol–water partition coefficient (Wildman–Crippen LogP) is 1.28. The van der Waals surface area contributed by atoms with E-state index in [1.165, 1.54) is 26.4 Å². The Morgan fingerprint density at radius 1 is 1.33 bits per heavy atom. The Bertz CT molecular complexity index is 475. The molecule has 0 fully saturated rings. The molecular formula is C11H12BrNO5. The lowest BCUT2D eigenvalue weighted by molar-refractivity contribution is -0.135. The molecule has 6 nitrogen and oxygen atoms in total. The summed E-state index contributed by atoms with van der Waals surface area (Å²) in [4.78, 5) is 22.0. The second kappa shape index (κ2) is 6.25. The first-order valence-electron chi connectivity index (χ1n) is 4.91. The van der Waals surface area contributed by atoms with E-state index in [2.05, 4.69) is 21.2 Å². The minimum Gasteiger partial charge on any atom is -0.493 e. The Hall–Kier alpha value is -1.76. The second-order valence-corrected chi connectivity index (χ2v) is 4.12. The van der Waals surface area contributed by atoms with Crippen LogP contribution in [0.1, 0.15) is 10.4 Å². The number of hydrogen-bond acceptors (Lipinski definition) is 4. The van der Waals surface area contributed by atoms with Crippen molar-refractivity contribution in [2.24, 2.45) is 0 Å². The summed E-state index contributed by atoms with van der Waals surface area (Å²) in [5, 5.41) is 10.7. The molecule has 18 heavy (non-hydrogen) atoms. The van der Waals surface area contributed by atoms with E-state index in [9.17, 15) is 9.59 Å². The molecule has 0 aliphatic heterocycles. The highest BCUT2D eigenvalue weighted by Gasteiger charge is 2.15. The van der Waals surface area contributed by atoms with Gasteiger partial charge < -0.3 is 19.9 Å². The number of amides is 1. The molecule has 0 aromatic heterocycles. The van der Waals surface area contributed by atoms with Gasteiger partial charge in [-0.05, 0) is 28.1 Å². The molecule has 0 radical (unpaired) electrons. The maximum atomic E-state index is 11.7. The van der Waals surface area contributed by atoms with Crippen molar-refractivity contribution < 1.29 is 24.2 Å². The molecule has 0 spiro atoms. The number of nitrogens with one attached hydrogen (secondary N) is 1. The molecule has 0 saturated heterocycles. The molecule has 0 aliphatic carbocycles. The van der Waals surface area contributed by atoms with E-state index in [0.29, 0.717) is 16.0 Å². The smallest absolute Gasteiger partial charge is 0.322 e. The molecule has 98 valence electrons. The van der Waals surface area contributed by atoms with Crippen LogP contribution < -0.4 is 14.8 Å². The Labute approximate surface area is 112 Å². The first kappa shape index (κ1) is 14.3. The maximum absolute atomic E-state index is 11.7. The first-order valence-corrected chi connectivity index (χ1v) is 5.70. The van der Waals surface area contributed by atoms with Gasteiger partial charge in [0.15, 0.2) is 11.5 Å². The number of benzene rings is 1. The molecule has 0 heterocycles. The first-order chi connectivity index (χ1) is 8.49. The van der Waals surface area contributed by atoms with Gasteiger partial charge >= 0.3 is 5.97 Å². The Morgan fingerprint density at radius 2 is 2.00 bits per heavy atom. The molecule has 0 atom stereocenters. The van der Waals surface area contributed by atoms with Gasteiger partial charge in [-0.15, -0.1) is 0 Å². The molecule has 1 rings (SSSR count). The third kappa shape index (κ3) is 3.36. The normalized spacial score (nSPS) is 9.72. The van der Waals surface area contributed by atoms with Crippen molar-refractivity contribution in [1.82, 2.24) is 5.32 Å². The summed E-state index contributed by atoms with van der Waals surface area (Å²) in [6, 6.07) is 3.00. The highest BCUT2D eigenvalue weighted by molar-refractivity contribution is 9.10. The van der Waals surface area contributed by atoms with Crippen molar-refractivity contribution in [2.45, 2.75) is 0 Å². The Morgan fingerprint density at radius 3 is 2.50 bits per heavy atom. The van der Waals surface area contributed by atoms with Gasteiger partial charge in [0.2, 0.25) is 0 Å². The van der Waals surface area contributed by atoms with Crippen LogP contribution in [0.2, 0.25) is 0 Å². The van der Waals surface area contributed by atoms with Crippen LogP contribution >= 0.6 is 15.9 Å². The predicted molar refractivity (Wildman–Crippen MR) is 67.2 cm³/mol. The number of rotatable bonds is 5. The van der Waals surface area contributed by atoms with Crippen LogP contribution in [0.4, 0.5) is 0 Å². The third-order valence-corrected chi connectivity index (χ3v) is 2.68. The molecule has 1 aromatic carbocycles. The van der Waals surface area contributed by atoms with Crippen LogP contribution in [0.25, 0.3) is 0 Å². The number of carbonyl (C=O) groups excluding carboxylic acids is 1. The van der Waals surface area contributed by atoms with E-state index < -0.39 is 18.4 Å². The van der Waals surface area contributed by atoms with Crippen LogP contribution in [0, 0.1) is 0 Å². The lowest BCUT2D eigenvalue weighted by Gasteiger charge is -2.11. The molecule has 0 aliphatic rings. The highest BCUT2D eigenvalue weighted by Crippen LogP contribution is 2.36. The molecule has 1 amide bonds. The fourth-order valence-corrected chi connectivity index (χ4v) is 1.91. The number of halogens is 1. The molecule has 2 N–H and O–H groups in total. The molecular weight excluding hydrogens is 306 g/mol. The summed E-state index contributed by atoms with van der Waals surface area (Å²) in [7, 11) is 2.93. The number of hydrogen-bond donors (Lipinski definition) is 2. The van der Waals surface area contributed by atoms with Gasteiger partial charge in [-0.1, -0.05) is 0 Å². The quantitative estimate of drug-likeness (QED) is 0.854. The number of carboxylic acid groups (broad SMARTS) is 1. The van der Waals surface area contributed by atoms with Gasteiger partial charge in [-0.25, -0.2) is 0 Å². The van der Waals surface area contributed by atoms with E-state index in [4.69, 9.17) is 14.6 Å². The number of aliphatic carboxylic acids is 1. The Kier molecular flexibility index (Phi) is 4.96. The zero-order chi connectivity index (χ0) is 13.7. The molecule has 1 aromatic rings. The van der Waals surface area contributed by atoms with E-state index >= 15 is 0 Å². The number of methoxy groups -OCH3 is 2. The van der Waals surface area contributed by atoms with Gasteiger partial charge in [-0.2, -0.15) is 0 Å². The number of carboxylic acids is 1. The Balaban J connectivity index is 3.00. The van der Waals surface area contributed by atoms with E-state index in [0.717, 1.165) is 0 Å². The fraction of sp³-hybridized carbons (Fsp3) is 0.273. The van der Waals surface area contributed by atoms with Crippen molar-refractivity contribution in [3.63, 3.8) is 0 Å². The summed E-state index contributed by atoms with van der Waals surface area (Å²) in [6.45, 7) is -0.440. The average molecular weight is 318 g/mol. The summed E-state index contributed by atoms with van der Waals surface area (Å²) >= 11 is 3.25. The zero-order valence-corrected chi connectivity index (χ0v) is 11.4. The topological polar surface area (TPSA) is 84.9 Å². The molecule has 0 saturated carbocycles. The maximum Gasteiger partial charge on any atom is 0.322 e. The SMILES string of the molecule is COc1cc(C(=O)NCC(=O)O)cc(Br)c1OC. The van der Waals surface area contributed by atoms with Crippen molar-refractivity contribution >= 4 is 27.8 Å². The summed E-state index contributed by atoms with van der Waals surface area (Å²) in [5.41, 5.74) is 0.278. The van der Waals surface area contributed by atoms with Gasteiger partial charge in [0.1, 0.15) is 6.54 Å². The summed E-state index contributed by atoms with van der Waals surface area (Å²) < 4.78 is 10.7. The average Bonchev–Trinajstić information content (AvgIpc) is 2.34. The van der Waals surface area contributed by atoms with Gasteiger partial charge in [0, 0.05) is 5.56 Å².